The molecule has 1 aliphatic heterocycles. The zero-order valence-corrected chi connectivity index (χ0v) is 9.79. The Kier molecular flexibility index (Phi) is 2.87. The number of hydrogen-bond acceptors (Lipinski definition) is 4. The molecule has 0 radical (unpaired) electrons. The molecule has 0 saturated carbocycles. The lowest BCUT2D eigenvalue weighted by atomic mass is 9.83. The summed E-state index contributed by atoms with van der Waals surface area (Å²) in [7, 11) is 0. The predicted octanol–water partition coefficient (Wildman–Crippen LogP) is 1.57. The van der Waals surface area contributed by atoms with Crippen LogP contribution in [0.5, 0.6) is 17.2 Å². The van der Waals surface area contributed by atoms with Gasteiger partial charge in [0.05, 0.1) is 12.2 Å². The van der Waals surface area contributed by atoms with Gasteiger partial charge in [-0.15, -0.1) is 0 Å². The Bertz CT molecular complexity index is 443. The van der Waals surface area contributed by atoms with Gasteiger partial charge in [-0.1, -0.05) is 13.8 Å². The average Bonchev–Trinajstić information content (AvgIpc) is 2.30. The number of halogens is 1. The third kappa shape index (κ3) is 1.91. The van der Waals surface area contributed by atoms with Crippen LogP contribution in [0.1, 0.15) is 19.4 Å². The monoisotopic (exact) mass is 242 g/mol. The quantitative estimate of drug-likeness (QED) is 0.826. The summed E-state index contributed by atoms with van der Waals surface area (Å²) in [5.74, 6) is -0.684. The van der Waals surface area contributed by atoms with Gasteiger partial charge < -0.3 is 19.7 Å². The van der Waals surface area contributed by atoms with Gasteiger partial charge >= 0.3 is 0 Å². The van der Waals surface area contributed by atoms with E-state index in [-0.39, 0.29) is 17.9 Å². The van der Waals surface area contributed by atoms with Gasteiger partial charge in [0, 0.05) is 11.5 Å². The summed E-state index contributed by atoms with van der Waals surface area (Å²) in [5.41, 5.74) is -0.563. The van der Waals surface area contributed by atoms with Crippen LogP contribution in [0, 0.1) is 5.82 Å². The summed E-state index contributed by atoms with van der Waals surface area (Å²) >= 11 is 0. The zero-order valence-electron chi connectivity index (χ0n) is 9.79. The fourth-order valence-electron chi connectivity index (χ4n) is 1.85. The van der Waals surface area contributed by atoms with E-state index in [4.69, 9.17) is 9.47 Å². The van der Waals surface area contributed by atoms with Crippen LogP contribution in [-0.2, 0) is 5.41 Å². The van der Waals surface area contributed by atoms with Crippen LogP contribution >= 0.6 is 0 Å². The van der Waals surface area contributed by atoms with Crippen molar-refractivity contribution in [1.29, 1.82) is 0 Å². The molecule has 0 amide bonds. The molecule has 17 heavy (non-hydrogen) atoms. The van der Waals surface area contributed by atoms with Gasteiger partial charge in [-0.3, -0.25) is 0 Å². The number of rotatable bonds is 2. The highest BCUT2D eigenvalue weighted by Gasteiger charge is 2.33. The van der Waals surface area contributed by atoms with Crippen LogP contribution in [0.15, 0.2) is 6.07 Å². The molecular formula is C12H15FO4. The van der Waals surface area contributed by atoms with E-state index >= 15 is 0 Å². The van der Waals surface area contributed by atoms with Crippen molar-refractivity contribution in [1.82, 2.24) is 0 Å². The molecule has 0 fully saturated rings. The van der Waals surface area contributed by atoms with E-state index in [9.17, 15) is 14.6 Å². The summed E-state index contributed by atoms with van der Waals surface area (Å²) in [6, 6.07) is 1.10. The number of phenols is 1. The van der Waals surface area contributed by atoms with Gasteiger partial charge in [0.25, 0.3) is 0 Å². The number of aliphatic hydroxyl groups excluding tert-OH is 1. The van der Waals surface area contributed by atoms with E-state index in [1.165, 1.54) is 0 Å². The molecule has 0 aliphatic carbocycles. The highest BCUT2D eigenvalue weighted by Crippen LogP contribution is 2.46. The molecule has 2 N–H and O–H groups in total. The molecule has 0 saturated heterocycles. The van der Waals surface area contributed by atoms with Crippen LogP contribution in [0.25, 0.3) is 0 Å². The van der Waals surface area contributed by atoms with Crippen molar-refractivity contribution in [3.8, 4) is 17.2 Å². The molecule has 0 aromatic heterocycles. The Morgan fingerprint density at radius 2 is 2.00 bits per heavy atom. The molecule has 1 aromatic carbocycles. The largest absolute Gasteiger partial charge is 0.505 e. The molecule has 1 aromatic rings. The Morgan fingerprint density at radius 1 is 1.35 bits per heavy atom. The van der Waals surface area contributed by atoms with Gasteiger partial charge in [-0.05, 0) is 0 Å². The zero-order chi connectivity index (χ0) is 12.6. The summed E-state index contributed by atoms with van der Waals surface area (Å²) in [6.45, 7) is 3.84. The Labute approximate surface area is 98.6 Å². The molecule has 1 aliphatic rings. The second-order valence-electron chi connectivity index (χ2n) is 4.65. The van der Waals surface area contributed by atoms with E-state index < -0.39 is 17.0 Å². The van der Waals surface area contributed by atoms with Crippen molar-refractivity contribution >= 4 is 0 Å². The van der Waals surface area contributed by atoms with Crippen molar-refractivity contribution in [2.45, 2.75) is 19.3 Å². The van der Waals surface area contributed by atoms with E-state index in [2.05, 4.69) is 0 Å². The molecule has 0 spiro atoms. The van der Waals surface area contributed by atoms with Crippen LogP contribution < -0.4 is 9.47 Å². The van der Waals surface area contributed by atoms with E-state index in [0.717, 1.165) is 6.07 Å². The van der Waals surface area contributed by atoms with E-state index in [1.54, 1.807) is 13.8 Å². The van der Waals surface area contributed by atoms with Crippen molar-refractivity contribution in [3.05, 3.63) is 17.4 Å². The lowest BCUT2D eigenvalue weighted by Crippen LogP contribution is -2.26. The minimum Gasteiger partial charge on any atom is -0.505 e. The summed E-state index contributed by atoms with van der Waals surface area (Å²) in [4.78, 5) is 0. The first kappa shape index (κ1) is 12.0. The van der Waals surface area contributed by atoms with E-state index in [0.29, 0.717) is 19.0 Å². The SMILES string of the molecule is CC(C)(CO)c1c(O)c(F)cc2c1OCCO2. The Hall–Kier alpha value is -1.49. The Morgan fingerprint density at radius 3 is 2.65 bits per heavy atom. The van der Waals surface area contributed by atoms with Crippen LogP contribution in [0.4, 0.5) is 4.39 Å². The average molecular weight is 242 g/mol. The first-order valence-corrected chi connectivity index (χ1v) is 5.40. The maximum Gasteiger partial charge on any atom is 0.169 e. The van der Waals surface area contributed by atoms with Crippen molar-refractivity contribution in [2.75, 3.05) is 19.8 Å². The molecule has 4 nitrogen and oxygen atoms in total. The number of fused-ring (bicyclic) bond motifs is 1. The van der Waals surface area contributed by atoms with Crippen molar-refractivity contribution < 1.29 is 24.1 Å². The fourth-order valence-corrected chi connectivity index (χ4v) is 1.85. The molecule has 1 heterocycles. The molecule has 0 bridgehead atoms. The second kappa shape index (κ2) is 4.07. The smallest absolute Gasteiger partial charge is 0.169 e. The highest BCUT2D eigenvalue weighted by atomic mass is 19.1. The summed E-state index contributed by atoms with van der Waals surface area (Å²) in [6.07, 6.45) is 0. The van der Waals surface area contributed by atoms with E-state index in [1.807, 2.05) is 0 Å². The maximum absolute atomic E-state index is 13.6. The van der Waals surface area contributed by atoms with Gasteiger partial charge in [0.2, 0.25) is 0 Å². The Balaban J connectivity index is 2.67. The standard InChI is InChI=1S/C12H15FO4/c1-12(2,6-14)9-10(15)7(13)5-8-11(9)17-4-3-16-8/h5,14-15H,3-4,6H2,1-2H3. The van der Waals surface area contributed by atoms with Crippen molar-refractivity contribution in [3.63, 3.8) is 0 Å². The molecule has 0 unspecified atom stereocenters. The van der Waals surface area contributed by atoms with Crippen molar-refractivity contribution in [2.24, 2.45) is 0 Å². The first-order valence-electron chi connectivity index (χ1n) is 5.40. The summed E-state index contributed by atoms with van der Waals surface area (Å²) in [5, 5.41) is 19.1. The van der Waals surface area contributed by atoms with Crippen LogP contribution in [-0.4, -0.2) is 30.0 Å². The molecule has 94 valence electrons. The topological polar surface area (TPSA) is 58.9 Å². The number of aliphatic hydroxyl groups is 1. The first-order chi connectivity index (χ1) is 7.97. The molecule has 2 rings (SSSR count). The minimum atomic E-state index is -0.809. The van der Waals surface area contributed by atoms with Gasteiger partial charge in [0.1, 0.15) is 13.2 Å². The van der Waals surface area contributed by atoms with Gasteiger partial charge in [-0.25, -0.2) is 4.39 Å². The number of ether oxygens (including phenoxy) is 2. The summed E-state index contributed by atoms with van der Waals surface area (Å²) < 4.78 is 24.3. The van der Waals surface area contributed by atoms with Gasteiger partial charge in [-0.2, -0.15) is 0 Å². The number of benzene rings is 1. The normalized spacial score (nSPS) is 14.8. The molecular weight excluding hydrogens is 227 g/mol. The van der Waals surface area contributed by atoms with Gasteiger partial charge in [0.15, 0.2) is 23.1 Å². The minimum absolute atomic E-state index is 0.236. The predicted molar refractivity (Wildman–Crippen MR) is 59.2 cm³/mol. The lowest BCUT2D eigenvalue weighted by molar-refractivity contribution is 0.157. The third-order valence-electron chi connectivity index (χ3n) is 2.83. The van der Waals surface area contributed by atoms with Crippen LogP contribution in [0.3, 0.4) is 0 Å². The fraction of sp³-hybridized carbons (Fsp3) is 0.500. The molecule has 0 atom stereocenters. The number of hydrogen-bond donors (Lipinski definition) is 2. The lowest BCUT2D eigenvalue weighted by Gasteiger charge is -2.29. The number of aromatic hydroxyl groups is 1. The molecule has 5 heteroatoms. The van der Waals surface area contributed by atoms with Crippen LogP contribution in [0.2, 0.25) is 0 Å². The number of phenolic OH excluding ortho intramolecular Hbond substituents is 1. The second-order valence-corrected chi connectivity index (χ2v) is 4.65. The highest BCUT2D eigenvalue weighted by molar-refractivity contribution is 5.57. The third-order valence-corrected chi connectivity index (χ3v) is 2.83. The maximum atomic E-state index is 13.6.